The first-order chi connectivity index (χ1) is 7.90. The monoisotopic (exact) mass is 262 g/mol. The van der Waals surface area contributed by atoms with Crippen LogP contribution in [0.15, 0.2) is 0 Å². The van der Waals surface area contributed by atoms with Crippen molar-refractivity contribution in [3.8, 4) is 0 Å². The maximum absolute atomic E-state index is 11.9. The molecule has 0 unspecified atom stereocenters. The zero-order valence-corrected chi connectivity index (χ0v) is 10.8. The largest absolute Gasteiger partial charge is 0.378 e. The molecule has 2 amide bonds. The van der Waals surface area contributed by atoms with Crippen molar-refractivity contribution in [3.63, 3.8) is 0 Å². The van der Waals surface area contributed by atoms with Gasteiger partial charge in [-0.15, -0.1) is 0 Å². The van der Waals surface area contributed by atoms with Gasteiger partial charge in [0.15, 0.2) is 9.84 Å². The number of carbonyl (C=O) groups excluding carboxylic acids is 1. The molecule has 2 fully saturated rings. The Morgan fingerprint density at radius 1 is 1.35 bits per heavy atom. The minimum absolute atomic E-state index is 0.0378. The molecule has 0 bridgehead atoms. The van der Waals surface area contributed by atoms with Gasteiger partial charge in [-0.25, -0.2) is 13.2 Å². The van der Waals surface area contributed by atoms with Crippen LogP contribution < -0.4 is 5.32 Å². The summed E-state index contributed by atoms with van der Waals surface area (Å²) in [4.78, 5) is 13.6. The van der Waals surface area contributed by atoms with E-state index in [0.717, 1.165) is 0 Å². The lowest BCUT2D eigenvalue weighted by molar-refractivity contribution is 0.0515. The summed E-state index contributed by atoms with van der Waals surface area (Å²) >= 11 is 0. The van der Waals surface area contributed by atoms with Crippen molar-refractivity contribution in [2.24, 2.45) is 0 Å². The highest BCUT2D eigenvalue weighted by Crippen LogP contribution is 2.23. The van der Waals surface area contributed by atoms with E-state index in [1.165, 1.54) is 0 Å². The minimum atomic E-state index is -2.99. The number of hydrogen-bond acceptors (Lipinski definition) is 4. The molecular formula is C10H18N2O4S. The molecule has 0 aromatic rings. The molecule has 2 rings (SSSR count). The average Bonchev–Trinajstić information content (AvgIpc) is 2.54. The molecule has 17 heavy (non-hydrogen) atoms. The summed E-state index contributed by atoms with van der Waals surface area (Å²) in [7, 11) is -2.99. The quantitative estimate of drug-likeness (QED) is 0.698. The number of amides is 2. The second-order valence-corrected chi connectivity index (χ2v) is 7.12. The Hall–Kier alpha value is -0.820. The Morgan fingerprint density at radius 3 is 2.53 bits per heavy atom. The summed E-state index contributed by atoms with van der Waals surface area (Å²) in [5, 5.41) is 2.83. The minimum Gasteiger partial charge on any atom is -0.378 e. The number of nitrogens with zero attached hydrogens (tertiary/aromatic N) is 1. The Labute approximate surface area is 101 Å². The molecule has 0 saturated carbocycles. The number of sulfone groups is 1. The van der Waals surface area contributed by atoms with Crippen LogP contribution in [-0.2, 0) is 14.6 Å². The Kier molecular flexibility index (Phi) is 3.31. The first-order valence-corrected chi connectivity index (χ1v) is 7.58. The van der Waals surface area contributed by atoms with E-state index in [1.807, 2.05) is 0 Å². The Balaban J connectivity index is 1.94. The van der Waals surface area contributed by atoms with Gasteiger partial charge < -0.3 is 15.0 Å². The molecule has 0 spiro atoms. The summed E-state index contributed by atoms with van der Waals surface area (Å²) in [5.41, 5.74) is -0.617. The van der Waals surface area contributed by atoms with Crippen molar-refractivity contribution in [1.82, 2.24) is 10.2 Å². The van der Waals surface area contributed by atoms with Gasteiger partial charge in [-0.1, -0.05) is 0 Å². The van der Waals surface area contributed by atoms with E-state index in [0.29, 0.717) is 32.7 Å². The van der Waals surface area contributed by atoms with E-state index in [2.05, 4.69) is 5.32 Å². The third kappa shape index (κ3) is 3.10. The van der Waals surface area contributed by atoms with Crippen LogP contribution in [0.1, 0.15) is 13.3 Å². The molecule has 2 aliphatic heterocycles. The predicted octanol–water partition coefficient (Wildman–Crippen LogP) is -0.395. The highest BCUT2D eigenvalue weighted by atomic mass is 32.2. The Morgan fingerprint density at radius 2 is 2.00 bits per heavy atom. The van der Waals surface area contributed by atoms with Gasteiger partial charge in [0, 0.05) is 13.1 Å². The summed E-state index contributed by atoms with van der Waals surface area (Å²) in [6, 6.07) is -0.187. The third-order valence-corrected chi connectivity index (χ3v) is 5.11. The van der Waals surface area contributed by atoms with E-state index in [1.54, 1.807) is 11.8 Å². The lowest BCUT2D eigenvalue weighted by Crippen LogP contribution is -2.54. The van der Waals surface area contributed by atoms with Crippen LogP contribution in [-0.4, -0.2) is 62.7 Å². The molecule has 1 N–H and O–H groups in total. The predicted molar refractivity (Wildman–Crippen MR) is 62.6 cm³/mol. The molecule has 2 aliphatic rings. The first-order valence-electron chi connectivity index (χ1n) is 5.76. The SMILES string of the molecule is C[C@@]1(NC(=O)N2CCOCC2)CCS(=O)(=O)C1. The molecule has 0 aromatic heterocycles. The molecule has 0 aliphatic carbocycles. The summed E-state index contributed by atoms with van der Waals surface area (Å²) in [6.07, 6.45) is 0.491. The van der Waals surface area contributed by atoms with Gasteiger partial charge in [0.25, 0.3) is 0 Å². The van der Waals surface area contributed by atoms with Crippen LogP contribution in [0.4, 0.5) is 4.79 Å². The van der Waals surface area contributed by atoms with Gasteiger partial charge in [-0.05, 0) is 13.3 Å². The fourth-order valence-corrected chi connectivity index (χ4v) is 4.31. The first kappa shape index (κ1) is 12.6. The van der Waals surface area contributed by atoms with Crippen molar-refractivity contribution >= 4 is 15.9 Å². The molecule has 98 valence electrons. The number of nitrogens with one attached hydrogen (secondary N) is 1. The normalized spacial score (nSPS) is 32.4. The number of hydrogen-bond donors (Lipinski definition) is 1. The number of morpholine rings is 1. The summed E-state index contributed by atoms with van der Waals surface area (Å²) < 4.78 is 28.0. The van der Waals surface area contributed by atoms with Crippen LogP contribution in [0.3, 0.4) is 0 Å². The molecule has 2 saturated heterocycles. The van der Waals surface area contributed by atoms with Crippen LogP contribution in [0, 0.1) is 0 Å². The van der Waals surface area contributed by atoms with E-state index < -0.39 is 15.4 Å². The van der Waals surface area contributed by atoms with E-state index in [4.69, 9.17) is 4.74 Å². The lowest BCUT2D eigenvalue weighted by Gasteiger charge is -2.31. The molecule has 1 atom stereocenters. The van der Waals surface area contributed by atoms with Crippen molar-refractivity contribution in [2.75, 3.05) is 37.8 Å². The zero-order valence-electron chi connectivity index (χ0n) is 9.94. The zero-order chi connectivity index (χ0) is 12.5. The van der Waals surface area contributed by atoms with Crippen LogP contribution in [0.25, 0.3) is 0 Å². The maximum Gasteiger partial charge on any atom is 0.318 e. The van der Waals surface area contributed by atoms with Crippen molar-refractivity contribution in [1.29, 1.82) is 0 Å². The van der Waals surface area contributed by atoms with Gasteiger partial charge in [0.05, 0.1) is 30.3 Å². The molecule has 6 nitrogen and oxygen atoms in total. The van der Waals surface area contributed by atoms with Gasteiger partial charge in [-0.2, -0.15) is 0 Å². The Bertz CT molecular complexity index is 403. The fourth-order valence-electron chi connectivity index (χ4n) is 2.21. The van der Waals surface area contributed by atoms with Gasteiger partial charge in [0.2, 0.25) is 0 Å². The van der Waals surface area contributed by atoms with E-state index in [9.17, 15) is 13.2 Å². The third-order valence-electron chi connectivity index (χ3n) is 3.21. The standard InChI is InChI=1S/C10H18N2O4S/c1-10(2-7-17(14,15)8-10)11-9(13)12-3-5-16-6-4-12/h2-8H2,1H3,(H,11,13)/t10-/m1/s1. The van der Waals surface area contributed by atoms with Gasteiger partial charge in [-0.3, -0.25) is 0 Å². The van der Waals surface area contributed by atoms with Crippen LogP contribution >= 0.6 is 0 Å². The molecule has 0 aromatic carbocycles. The number of ether oxygens (including phenoxy) is 1. The van der Waals surface area contributed by atoms with Gasteiger partial charge in [0.1, 0.15) is 0 Å². The molecule has 7 heteroatoms. The molecule has 2 heterocycles. The average molecular weight is 262 g/mol. The smallest absolute Gasteiger partial charge is 0.318 e. The topological polar surface area (TPSA) is 75.7 Å². The molecular weight excluding hydrogens is 244 g/mol. The van der Waals surface area contributed by atoms with Crippen LogP contribution in [0.5, 0.6) is 0 Å². The lowest BCUT2D eigenvalue weighted by atomic mass is 10.0. The van der Waals surface area contributed by atoms with Crippen LogP contribution in [0.2, 0.25) is 0 Å². The second-order valence-electron chi connectivity index (χ2n) is 4.93. The van der Waals surface area contributed by atoms with Crippen molar-refractivity contribution < 1.29 is 17.9 Å². The molecule has 0 radical (unpaired) electrons. The number of urea groups is 1. The fraction of sp³-hybridized carbons (Fsp3) is 0.900. The van der Waals surface area contributed by atoms with Crippen molar-refractivity contribution in [3.05, 3.63) is 0 Å². The highest BCUT2D eigenvalue weighted by molar-refractivity contribution is 7.91. The van der Waals surface area contributed by atoms with Gasteiger partial charge >= 0.3 is 6.03 Å². The number of carbonyl (C=O) groups is 1. The highest BCUT2D eigenvalue weighted by Gasteiger charge is 2.40. The summed E-state index contributed by atoms with van der Waals surface area (Å²) in [6.45, 7) is 4.00. The maximum atomic E-state index is 11.9. The van der Waals surface area contributed by atoms with Crippen molar-refractivity contribution in [2.45, 2.75) is 18.9 Å². The van der Waals surface area contributed by atoms with E-state index >= 15 is 0 Å². The summed E-state index contributed by atoms with van der Waals surface area (Å²) in [5.74, 6) is 0.197. The van der Waals surface area contributed by atoms with E-state index in [-0.39, 0.29) is 17.5 Å². The second kappa shape index (κ2) is 4.45. The number of rotatable bonds is 1.